The van der Waals surface area contributed by atoms with Crippen molar-refractivity contribution in [3.05, 3.63) is 77.8 Å². The van der Waals surface area contributed by atoms with Crippen molar-refractivity contribution in [3.63, 3.8) is 0 Å². The SMILES string of the molecule is C=CNS(=O)(=O)c1cccc(-c2c(F)cc(C(N)=O)c3[nH]c4cc(C(C)(C)O)ccc4c23)c1C. The quantitative estimate of drug-likeness (QED) is 0.330. The Labute approximate surface area is 196 Å². The van der Waals surface area contributed by atoms with Crippen LogP contribution in [0.5, 0.6) is 0 Å². The summed E-state index contributed by atoms with van der Waals surface area (Å²) in [6.45, 7) is 8.27. The molecule has 0 bridgehead atoms. The number of aliphatic hydroxyl groups is 1. The van der Waals surface area contributed by atoms with E-state index in [4.69, 9.17) is 5.73 Å². The maximum Gasteiger partial charge on any atom is 0.261 e. The predicted octanol–water partition coefficient (Wildman–Crippen LogP) is 4.18. The minimum absolute atomic E-state index is 0.0272. The summed E-state index contributed by atoms with van der Waals surface area (Å²) in [7, 11) is -3.91. The maximum atomic E-state index is 15.6. The molecule has 0 fully saturated rings. The highest BCUT2D eigenvalue weighted by Crippen LogP contribution is 2.41. The van der Waals surface area contributed by atoms with Crippen LogP contribution in [0.15, 0.2) is 60.1 Å². The number of rotatable bonds is 6. The van der Waals surface area contributed by atoms with E-state index in [0.717, 1.165) is 12.3 Å². The lowest BCUT2D eigenvalue weighted by atomic mass is 9.92. The second-order valence-corrected chi connectivity index (χ2v) is 10.3. The number of H-pyrrole nitrogens is 1. The van der Waals surface area contributed by atoms with E-state index in [1.54, 1.807) is 45.0 Å². The third-order valence-corrected chi connectivity index (χ3v) is 7.38. The molecule has 34 heavy (non-hydrogen) atoms. The number of primary amides is 1. The van der Waals surface area contributed by atoms with Crippen LogP contribution in [-0.2, 0) is 15.6 Å². The van der Waals surface area contributed by atoms with Crippen LogP contribution in [0, 0.1) is 12.7 Å². The summed E-state index contributed by atoms with van der Waals surface area (Å²) in [5, 5.41) is 11.4. The van der Waals surface area contributed by atoms with E-state index in [9.17, 15) is 18.3 Å². The van der Waals surface area contributed by atoms with Crippen LogP contribution in [0.1, 0.15) is 35.3 Å². The first-order valence-electron chi connectivity index (χ1n) is 10.4. The number of benzene rings is 3. The van der Waals surface area contributed by atoms with E-state index in [2.05, 4.69) is 16.3 Å². The van der Waals surface area contributed by atoms with Crippen LogP contribution >= 0.6 is 0 Å². The van der Waals surface area contributed by atoms with Gasteiger partial charge in [-0.05, 0) is 55.7 Å². The molecule has 0 aliphatic rings. The number of hydrogen-bond acceptors (Lipinski definition) is 4. The molecule has 1 aromatic heterocycles. The zero-order valence-electron chi connectivity index (χ0n) is 18.9. The van der Waals surface area contributed by atoms with Gasteiger partial charge in [-0.15, -0.1) is 0 Å². The molecule has 0 atom stereocenters. The molecule has 176 valence electrons. The van der Waals surface area contributed by atoms with Gasteiger partial charge in [-0.25, -0.2) is 12.8 Å². The Morgan fingerprint density at radius 1 is 1.24 bits per heavy atom. The molecule has 0 radical (unpaired) electrons. The van der Waals surface area contributed by atoms with Crippen LogP contribution in [0.25, 0.3) is 32.9 Å². The highest BCUT2D eigenvalue weighted by molar-refractivity contribution is 7.89. The highest BCUT2D eigenvalue weighted by atomic mass is 32.2. The van der Waals surface area contributed by atoms with Gasteiger partial charge in [-0.2, -0.15) is 0 Å². The number of carbonyl (C=O) groups is 1. The number of aromatic amines is 1. The highest BCUT2D eigenvalue weighted by Gasteiger charge is 2.25. The van der Waals surface area contributed by atoms with Gasteiger partial charge in [0.2, 0.25) is 0 Å². The summed E-state index contributed by atoms with van der Waals surface area (Å²) in [6.07, 6.45) is 1.06. The number of fused-ring (bicyclic) bond motifs is 3. The number of nitrogens with one attached hydrogen (secondary N) is 2. The largest absolute Gasteiger partial charge is 0.386 e. The summed E-state index contributed by atoms with van der Waals surface area (Å²) in [6, 6.07) is 10.8. The molecule has 0 aliphatic heterocycles. The molecule has 0 saturated carbocycles. The summed E-state index contributed by atoms with van der Waals surface area (Å²) < 4.78 is 43.2. The van der Waals surface area contributed by atoms with Crippen molar-refractivity contribution >= 4 is 37.7 Å². The first-order valence-corrected chi connectivity index (χ1v) is 11.9. The molecule has 5 N–H and O–H groups in total. The fraction of sp³-hybridized carbons (Fsp3) is 0.160. The molecule has 0 spiro atoms. The Morgan fingerprint density at radius 2 is 1.94 bits per heavy atom. The summed E-state index contributed by atoms with van der Waals surface area (Å²) in [5.41, 5.74) is 6.70. The fourth-order valence-corrected chi connectivity index (χ4v) is 5.35. The predicted molar refractivity (Wildman–Crippen MR) is 130 cm³/mol. The third-order valence-electron chi connectivity index (χ3n) is 5.88. The molecular formula is C25H24FN3O4S. The van der Waals surface area contributed by atoms with Crippen LogP contribution in [0.2, 0.25) is 0 Å². The lowest BCUT2D eigenvalue weighted by Crippen LogP contribution is -2.18. The number of aromatic nitrogens is 1. The van der Waals surface area contributed by atoms with Crippen molar-refractivity contribution in [2.75, 3.05) is 0 Å². The zero-order chi connectivity index (χ0) is 25.0. The van der Waals surface area contributed by atoms with Gasteiger partial charge in [0.25, 0.3) is 15.9 Å². The average molecular weight is 482 g/mol. The number of carbonyl (C=O) groups excluding carboxylic acids is 1. The Bertz CT molecular complexity index is 1600. The molecule has 1 amide bonds. The van der Waals surface area contributed by atoms with E-state index >= 15 is 4.39 Å². The van der Waals surface area contributed by atoms with Gasteiger partial charge in [0, 0.05) is 28.1 Å². The van der Waals surface area contributed by atoms with E-state index in [-0.39, 0.29) is 16.0 Å². The standard InChI is InChI=1S/C25H24FN3O4S/c1-5-28-34(32,33)20-8-6-7-15(13(20)2)21-18(26)12-17(24(27)30)23-22(21)16-10-9-14(25(3,4)31)11-19(16)29-23/h5-12,28-29,31H,1H2,2-4H3,(H2,27,30). The number of sulfonamides is 1. The number of amides is 1. The Morgan fingerprint density at radius 3 is 2.56 bits per heavy atom. The van der Waals surface area contributed by atoms with E-state index < -0.39 is 27.3 Å². The second kappa shape index (κ2) is 7.96. The lowest BCUT2D eigenvalue weighted by Gasteiger charge is -2.17. The molecule has 4 aromatic rings. The molecule has 4 rings (SSSR count). The van der Waals surface area contributed by atoms with E-state index in [1.807, 2.05) is 0 Å². The van der Waals surface area contributed by atoms with Crippen LogP contribution < -0.4 is 10.5 Å². The molecule has 7 nitrogen and oxygen atoms in total. The van der Waals surface area contributed by atoms with Crippen molar-refractivity contribution in [1.29, 1.82) is 0 Å². The Balaban J connectivity index is 2.15. The average Bonchev–Trinajstić information content (AvgIpc) is 3.11. The van der Waals surface area contributed by atoms with Gasteiger partial charge < -0.3 is 15.8 Å². The Kier molecular flexibility index (Phi) is 5.50. The van der Waals surface area contributed by atoms with Crippen molar-refractivity contribution in [2.45, 2.75) is 31.3 Å². The van der Waals surface area contributed by atoms with Gasteiger partial charge in [0.1, 0.15) is 5.82 Å². The van der Waals surface area contributed by atoms with Gasteiger partial charge in [-0.3, -0.25) is 9.52 Å². The lowest BCUT2D eigenvalue weighted by molar-refractivity contribution is 0.0787. The maximum absolute atomic E-state index is 15.6. The summed E-state index contributed by atoms with van der Waals surface area (Å²) in [4.78, 5) is 15.3. The Hall–Kier alpha value is -3.69. The summed E-state index contributed by atoms with van der Waals surface area (Å²) in [5.74, 6) is -1.53. The monoisotopic (exact) mass is 481 g/mol. The molecule has 0 aliphatic carbocycles. The van der Waals surface area contributed by atoms with Crippen molar-refractivity contribution in [2.24, 2.45) is 5.73 Å². The molecule has 3 aromatic carbocycles. The molecular weight excluding hydrogens is 457 g/mol. The van der Waals surface area contributed by atoms with Crippen molar-refractivity contribution in [3.8, 4) is 11.1 Å². The smallest absolute Gasteiger partial charge is 0.261 e. The zero-order valence-corrected chi connectivity index (χ0v) is 19.7. The van der Waals surface area contributed by atoms with Gasteiger partial charge in [0.05, 0.1) is 21.6 Å². The van der Waals surface area contributed by atoms with Gasteiger partial charge in [0.15, 0.2) is 0 Å². The minimum atomic E-state index is -3.91. The number of halogens is 1. The fourth-order valence-electron chi connectivity index (χ4n) is 4.24. The third kappa shape index (κ3) is 3.72. The van der Waals surface area contributed by atoms with Gasteiger partial charge >= 0.3 is 0 Å². The van der Waals surface area contributed by atoms with Crippen molar-refractivity contribution < 1.29 is 22.7 Å². The van der Waals surface area contributed by atoms with Crippen LogP contribution in [-0.4, -0.2) is 24.4 Å². The minimum Gasteiger partial charge on any atom is -0.386 e. The number of nitrogens with two attached hydrogens (primary N) is 1. The normalized spacial score (nSPS) is 12.3. The first kappa shape index (κ1) is 23.5. The van der Waals surface area contributed by atoms with Crippen molar-refractivity contribution in [1.82, 2.24) is 9.71 Å². The molecule has 9 heteroatoms. The molecule has 1 heterocycles. The first-order chi connectivity index (χ1) is 15.9. The molecule has 0 unspecified atom stereocenters. The second-order valence-electron chi connectivity index (χ2n) is 8.59. The summed E-state index contributed by atoms with van der Waals surface area (Å²) >= 11 is 0. The topological polar surface area (TPSA) is 125 Å². The van der Waals surface area contributed by atoms with Gasteiger partial charge in [-0.1, -0.05) is 30.8 Å². The van der Waals surface area contributed by atoms with Crippen LogP contribution in [0.3, 0.4) is 0 Å². The van der Waals surface area contributed by atoms with E-state index in [1.165, 1.54) is 12.1 Å². The van der Waals surface area contributed by atoms with Crippen LogP contribution in [0.4, 0.5) is 4.39 Å². The molecule has 0 saturated heterocycles. The number of hydrogen-bond donors (Lipinski definition) is 4. The van der Waals surface area contributed by atoms with E-state index in [0.29, 0.717) is 38.5 Å².